The summed E-state index contributed by atoms with van der Waals surface area (Å²) in [4.78, 5) is 17.7. The van der Waals surface area contributed by atoms with E-state index in [1.54, 1.807) is 30.6 Å². The summed E-state index contributed by atoms with van der Waals surface area (Å²) in [7, 11) is 1.65. The first-order chi connectivity index (χ1) is 10.1. The fourth-order valence-electron chi connectivity index (χ4n) is 1.65. The monoisotopic (exact) mass is 309 g/mol. The average Bonchev–Trinajstić information content (AvgIpc) is 2.97. The third-order valence-corrected chi connectivity index (χ3v) is 3.68. The van der Waals surface area contributed by atoms with Crippen LogP contribution in [-0.2, 0) is 6.54 Å². The molecule has 0 aliphatic rings. The molecule has 2 rings (SSSR count). The van der Waals surface area contributed by atoms with E-state index in [1.807, 2.05) is 0 Å². The largest absolute Gasteiger partial charge is 0.489 e. The number of para-hydroxylation sites is 1. The minimum atomic E-state index is -0.418. The lowest BCUT2D eigenvalue weighted by Crippen LogP contribution is -2.31. The molecule has 2 N–H and O–H groups in total. The van der Waals surface area contributed by atoms with Crippen LogP contribution in [0.25, 0.3) is 0 Å². The van der Waals surface area contributed by atoms with Crippen molar-refractivity contribution in [3.05, 3.63) is 46.2 Å². The Morgan fingerprint density at radius 3 is 2.90 bits per heavy atom. The second kappa shape index (κ2) is 7.14. The smallest absolute Gasteiger partial charge is 0.273 e. The molecule has 0 saturated heterocycles. The molecule has 1 aromatic carbocycles. The Bertz CT molecular complexity index is 618. The molecule has 1 heterocycles. The van der Waals surface area contributed by atoms with Gasteiger partial charge in [-0.1, -0.05) is 12.1 Å². The van der Waals surface area contributed by atoms with Crippen molar-refractivity contribution in [2.24, 2.45) is 5.73 Å². The zero-order chi connectivity index (χ0) is 15.2. The normalized spacial score (nSPS) is 10.4. The molecule has 2 aromatic rings. The standard InChI is InChI=1S/C14H16FN3O2S/c1-18(14(19)11-9-21-13(8-16)17-11)6-7-20-12-5-3-2-4-10(12)15/h2-5,9H,6-8,16H2,1H3. The van der Waals surface area contributed by atoms with E-state index in [9.17, 15) is 9.18 Å². The number of hydrogen-bond acceptors (Lipinski definition) is 5. The lowest BCUT2D eigenvalue weighted by Gasteiger charge is -2.16. The van der Waals surface area contributed by atoms with Gasteiger partial charge in [-0.2, -0.15) is 0 Å². The van der Waals surface area contributed by atoms with Gasteiger partial charge in [-0.25, -0.2) is 9.37 Å². The average molecular weight is 309 g/mol. The Morgan fingerprint density at radius 1 is 1.48 bits per heavy atom. The topological polar surface area (TPSA) is 68.5 Å². The van der Waals surface area contributed by atoms with Crippen LogP contribution in [0.2, 0.25) is 0 Å². The number of nitrogens with two attached hydrogens (primary N) is 1. The van der Waals surface area contributed by atoms with Crippen molar-refractivity contribution in [3.8, 4) is 5.75 Å². The van der Waals surface area contributed by atoms with Crippen molar-refractivity contribution < 1.29 is 13.9 Å². The van der Waals surface area contributed by atoms with Crippen molar-refractivity contribution in [2.75, 3.05) is 20.2 Å². The zero-order valence-electron chi connectivity index (χ0n) is 11.6. The van der Waals surface area contributed by atoms with Gasteiger partial charge >= 0.3 is 0 Å². The van der Waals surface area contributed by atoms with E-state index in [2.05, 4.69) is 4.98 Å². The number of amides is 1. The number of likely N-dealkylation sites (N-methyl/N-ethyl adjacent to an activating group) is 1. The Hall–Kier alpha value is -1.99. The van der Waals surface area contributed by atoms with Crippen LogP contribution in [0.4, 0.5) is 4.39 Å². The van der Waals surface area contributed by atoms with E-state index < -0.39 is 5.82 Å². The van der Waals surface area contributed by atoms with Crippen LogP contribution in [0.5, 0.6) is 5.75 Å². The summed E-state index contributed by atoms with van der Waals surface area (Å²) in [5, 5.41) is 2.40. The molecule has 1 aromatic heterocycles. The van der Waals surface area contributed by atoms with Gasteiger partial charge in [-0.05, 0) is 12.1 Å². The maximum Gasteiger partial charge on any atom is 0.273 e. The summed E-state index contributed by atoms with van der Waals surface area (Å²) in [5.74, 6) is -0.445. The van der Waals surface area contributed by atoms with Crippen LogP contribution in [0.15, 0.2) is 29.6 Å². The second-order valence-electron chi connectivity index (χ2n) is 4.34. The fourth-order valence-corrected chi connectivity index (χ4v) is 2.30. The van der Waals surface area contributed by atoms with Gasteiger partial charge in [0, 0.05) is 19.0 Å². The number of rotatable bonds is 6. The Balaban J connectivity index is 1.85. The molecule has 0 bridgehead atoms. The van der Waals surface area contributed by atoms with Gasteiger partial charge in [-0.3, -0.25) is 4.79 Å². The molecule has 0 saturated carbocycles. The summed E-state index contributed by atoms with van der Waals surface area (Å²) in [6.07, 6.45) is 0. The highest BCUT2D eigenvalue weighted by Gasteiger charge is 2.15. The van der Waals surface area contributed by atoms with Crippen LogP contribution in [0.3, 0.4) is 0 Å². The highest BCUT2D eigenvalue weighted by atomic mass is 32.1. The van der Waals surface area contributed by atoms with Crippen LogP contribution < -0.4 is 10.5 Å². The number of ether oxygens (including phenoxy) is 1. The van der Waals surface area contributed by atoms with E-state index in [4.69, 9.17) is 10.5 Å². The summed E-state index contributed by atoms with van der Waals surface area (Å²) in [6, 6.07) is 6.16. The number of halogens is 1. The molecule has 7 heteroatoms. The van der Waals surface area contributed by atoms with Gasteiger partial charge < -0.3 is 15.4 Å². The maximum absolute atomic E-state index is 13.4. The van der Waals surface area contributed by atoms with Crippen molar-refractivity contribution >= 4 is 17.2 Å². The zero-order valence-corrected chi connectivity index (χ0v) is 12.4. The molecule has 0 radical (unpaired) electrons. The van der Waals surface area contributed by atoms with Crippen LogP contribution in [0, 0.1) is 5.82 Å². The molecule has 0 aliphatic heterocycles. The fraction of sp³-hybridized carbons (Fsp3) is 0.286. The summed E-state index contributed by atoms with van der Waals surface area (Å²) < 4.78 is 18.7. The van der Waals surface area contributed by atoms with Gasteiger partial charge in [0.05, 0.1) is 6.54 Å². The number of carbonyl (C=O) groups is 1. The van der Waals surface area contributed by atoms with E-state index in [0.29, 0.717) is 23.8 Å². The molecule has 0 unspecified atom stereocenters. The van der Waals surface area contributed by atoms with Gasteiger partial charge in [-0.15, -0.1) is 11.3 Å². The van der Waals surface area contributed by atoms with E-state index >= 15 is 0 Å². The first-order valence-electron chi connectivity index (χ1n) is 6.39. The third-order valence-electron chi connectivity index (χ3n) is 2.81. The predicted molar refractivity (Wildman–Crippen MR) is 78.9 cm³/mol. The summed E-state index contributed by atoms with van der Waals surface area (Å²) >= 11 is 1.35. The Kier molecular flexibility index (Phi) is 5.24. The lowest BCUT2D eigenvalue weighted by molar-refractivity contribution is 0.0767. The van der Waals surface area contributed by atoms with Crippen LogP contribution in [0.1, 0.15) is 15.5 Å². The van der Waals surface area contributed by atoms with E-state index in [1.165, 1.54) is 22.3 Å². The molecule has 0 fully saturated rings. The molecule has 1 amide bonds. The highest BCUT2D eigenvalue weighted by Crippen LogP contribution is 2.15. The number of benzene rings is 1. The first-order valence-corrected chi connectivity index (χ1v) is 7.27. The summed E-state index contributed by atoms with van der Waals surface area (Å²) in [5.41, 5.74) is 5.83. The molecule has 0 atom stereocenters. The lowest BCUT2D eigenvalue weighted by atomic mass is 10.3. The Labute approximate surface area is 126 Å². The SMILES string of the molecule is CN(CCOc1ccccc1F)C(=O)c1csc(CN)n1. The molecular weight excluding hydrogens is 293 g/mol. The number of thiazole rings is 1. The van der Waals surface area contributed by atoms with Gasteiger partial charge in [0.1, 0.15) is 17.3 Å². The van der Waals surface area contributed by atoms with Crippen molar-refractivity contribution in [1.29, 1.82) is 0 Å². The predicted octanol–water partition coefficient (Wildman–Crippen LogP) is 1.89. The van der Waals surface area contributed by atoms with Crippen molar-refractivity contribution in [2.45, 2.75) is 6.54 Å². The van der Waals surface area contributed by atoms with Crippen molar-refractivity contribution in [3.63, 3.8) is 0 Å². The molecular formula is C14H16FN3O2S. The molecule has 0 spiro atoms. The van der Waals surface area contributed by atoms with Crippen LogP contribution >= 0.6 is 11.3 Å². The van der Waals surface area contributed by atoms with Gasteiger partial charge in [0.15, 0.2) is 11.6 Å². The maximum atomic E-state index is 13.4. The quantitative estimate of drug-likeness (QED) is 0.885. The molecule has 0 aliphatic carbocycles. The van der Waals surface area contributed by atoms with Crippen LogP contribution in [-0.4, -0.2) is 36.0 Å². The van der Waals surface area contributed by atoms with Crippen molar-refractivity contribution in [1.82, 2.24) is 9.88 Å². The second-order valence-corrected chi connectivity index (χ2v) is 5.28. The molecule has 112 valence electrons. The van der Waals surface area contributed by atoms with Gasteiger partial charge in [0.25, 0.3) is 5.91 Å². The Morgan fingerprint density at radius 2 is 2.24 bits per heavy atom. The minimum Gasteiger partial charge on any atom is -0.489 e. The summed E-state index contributed by atoms with van der Waals surface area (Å²) in [6.45, 7) is 0.859. The number of aromatic nitrogens is 1. The van der Waals surface area contributed by atoms with Gasteiger partial charge in [0.2, 0.25) is 0 Å². The third kappa shape index (κ3) is 3.99. The van der Waals surface area contributed by atoms with E-state index in [0.717, 1.165) is 0 Å². The van der Waals surface area contributed by atoms with E-state index in [-0.39, 0.29) is 18.3 Å². The highest BCUT2D eigenvalue weighted by molar-refractivity contribution is 7.09. The first kappa shape index (κ1) is 15.4. The molecule has 5 nitrogen and oxygen atoms in total. The number of carbonyl (C=O) groups excluding carboxylic acids is 1. The number of nitrogens with zero attached hydrogens (tertiary/aromatic N) is 2. The number of hydrogen-bond donors (Lipinski definition) is 1. The minimum absolute atomic E-state index is 0.178. The molecule has 21 heavy (non-hydrogen) atoms.